The lowest BCUT2D eigenvalue weighted by molar-refractivity contribution is -0.104. The van der Waals surface area contributed by atoms with Gasteiger partial charge in [-0.1, -0.05) is 16.7 Å². The Hall–Kier alpha value is -1.32. The lowest BCUT2D eigenvalue weighted by atomic mass is 10.1. The van der Waals surface area contributed by atoms with Gasteiger partial charge in [0.05, 0.1) is 16.3 Å². The van der Waals surface area contributed by atoms with Crippen molar-refractivity contribution in [2.24, 2.45) is 5.11 Å². The molecule has 0 heterocycles. The molecular formula is C5HClFN3O. The summed E-state index contributed by atoms with van der Waals surface area (Å²) in [4.78, 5) is 12.3. The summed E-state index contributed by atoms with van der Waals surface area (Å²) in [7, 11) is 0. The molecule has 1 rings (SSSR count). The minimum absolute atomic E-state index is 0.115. The van der Waals surface area contributed by atoms with E-state index in [0.717, 1.165) is 0 Å². The third kappa shape index (κ3) is 1.00. The lowest BCUT2D eigenvalue weighted by Gasteiger charge is -2.13. The molecule has 0 bridgehead atoms. The molecule has 1 aliphatic rings. The van der Waals surface area contributed by atoms with E-state index in [1.807, 2.05) is 0 Å². The van der Waals surface area contributed by atoms with Gasteiger partial charge in [0.25, 0.3) is 0 Å². The number of carbonyl (C=O) groups excluding carboxylic acids is 1. The van der Waals surface area contributed by atoms with Crippen LogP contribution in [0.25, 0.3) is 10.4 Å². The molecule has 6 heteroatoms. The van der Waals surface area contributed by atoms with E-state index in [9.17, 15) is 9.18 Å². The number of hydrogen-bond acceptors (Lipinski definition) is 2. The molecule has 0 spiro atoms. The molecule has 0 radical (unpaired) electrons. The molecule has 0 unspecified atom stereocenters. The Morgan fingerprint density at radius 1 is 1.73 bits per heavy atom. The first-order valence-electron chi connectivity index (χ1n) is 2.53. The highest BCUT2D eigenvalue weighted by Crippen LogP contribution is 2.38. The van der Waals surface area contributed by atoms with Crippen molar-refractivity contribution in [3.05, 3.63) is 32.6 Å². The van der Waals surface area contributed by atoms with E-state index in [1.54, 1.807) is 0 Å². The fourth-order valence-electron chi connectivity index (χ4n) is 0.621. The average molecular weight is 174 g/mol. The Morgan fingerprint density at radius 3 is 2.73 bits per heavy atom. The van der Waals surface area contributed by atoms with Gasteiger partial charge in [0.2, 0.25) is 0 Å². The molecule has 0 aromatic rings. The van der Waals surface area contributed by atoms with Crippen LogP contribution in [0.4, 0.5) is 4.39 Å². The largest absolute Gasteiger partial charge is 0.298 e. The van der Waals surface area contributed by atoms with Crippen LogP contribution in [0.1, 0.15) is 0 Å². The van der Waals surface area contributed by atoms with E-state index >= 15 is 0 Å². The van der Waals surface area contributed by atoms with Gasteiger partial charge in [-0.2, -0.15) is 0 Å². The predicted molar refractivity (Wildman–Crippen MR) is 36.2 cm³/mol. The number of allylic oxidation sites excluding steroid dienone is 3. The van der Waals surface area contributed by atoms with E-state index in [-0.39, 0.29) is 22.6 Å². The first-order valence-corrected chi connectivity index (χ1v) is 2.90. The SMILES string of the molecule is [N-]=[N+]=NC1=C(F)C(C=O)=C1Cl. The normalized spacial score (nSPS) is 15.8. The molecule has 0 N–H and O–H groups in total. The first-order chi connectivity index (χ1) is 5.22. The molecule has 4 nitrogen and oxygen atoms in total. The third-order valence-electron chi connectivity index (χ3n) is 1.15. The molecule has 0 saturated carbocycles. The van der Waals surface area contributed by atoms with Crippen LogP contribution in [0.15, 0.2) is 27.2 Å². The predicted octanol–water partition coefficient (Wildman–Crippen LogP) is 2.18. The molecule has 0 atom stereocenters. The van der Waals surface area contributed by atoms with E-state index in [0.29, 0.717) is 0 Å². The molecule has 0 aromatic carbocycles. The zero-order chi connectivity index (χ0) is 8.43. The second kappa shape index (κ2) is 2.74. The summed E-state index contributed by atoms with van der Waals surface area (Å²) in [6.45, 7) is 0. The van der Waals surface area contributed by atoms with Crippen LogP contribution >= 0.6 is 11.6 Å². The highest BCUT2D eigenvalue weighted by atomic mass is 35.5. The van der Waals surface area contributed by atoms with Crippen molar-refractivity contribution < 1.29 is 9.18 Å². The summed E-state index contributed by atoms with van der Waals surface area (Å²) in [5.41, 5.74) is 7.35. The molecule has 0 saturated heterocycles. The van der Waals surface area contributed by atoms with Crippen LogP contribution < -0.4 is 0 Å². The van der Waals surface area contributed by atoms with E-state index in [2.05, 4.69) is 10.0 Å². The van der Waals surface area contributed by atoms with E-state index < -0.39 is 5.83 Å². The van der Waals surface area contributed by atoms with Crippen molar-refractivity contribution in [1.29, 1.82) is 0 Å². The number of azide groups is 1. The van der Waals surface area contributed by atoms with Crippen LogP contribution in [-0.2, 0) is 4.79 Å². The smallest absolute Gasteiger partial charge is 0.154 e. The van der Waals surface area contributed by atoms with Crippen molar-refractivity contribution in [2.75, 3.05) is 0 Å². The van der Waals surface area contributed by atoms with Gasteiger partial charge in [0, 0.05) is 4.91 Å². The molecule has 56 valence electrons. The summed E-state index contributed by atoms with van der Waals surface area (Å²) in [5.74, 6) is -0.845. The molecule has 0 amide bonds. The van der Waals surface area contributed by atoms with Crippen molar-refractivity contribution >= 4 is 17.9 Å². The van der Waals surface area contributed by atoms with Crippen LogP contribution in [0.5, 0.6) is 0 Å². The van der Waals surface area contributed by atoms with Crippen molar-refractivity contribution in [2.45, 2.75) is 0 Å². The summed E-state index contributed by atoms with van der Waals surface area (Å²) >= 11 is 5.34. The van der Waals surface area contributed by atoms with Gasteiger partial charge >= 0.3 is 0 Å². The highest BCUT2D eigenvalue weighted by Gasteiger charge is 2.27. The number of carbonyl (C=O) groups is 1. The van der Waals surface area contributed by atoms with E-state index in [1.165, 1.54) is 0 Å². The third-order valence-corrected chi connectivity index (χ3v) is 1.53. The standard InChI is InChI=1S/C5HClFN3O/c6-3-2(1-11)4(7)5(3)9-10-8/h1H. The minimum atomic E-state index is -0.845. The minimum Gasteiger partial charge on any atom is -0.298 e. The average Bonchev–Trinajstić information content (AvgIpc) is 2.01. The monoisotopic (exact) mass is 173 g/mol. The Kier molecular flexibility index (Phi) is 1.94. The quantitative estimate of drug-likeness (QED) is 0.273. The van der Waals surface area contributed by atoms with Crippen LogP contribution in [0, 0.1) is 0 Å². The number of halogens is 2. The maximum atomic E-state index is 12.5. The fourth-order valence-corrected chi connectivity index (χ4v) is 0.870. The highest BCUT2D eigenvalue weighted by molar-refractivity contribution is 6.35. The second-order valence-electron chi connectivity index (χ2n) is 1.70. The molecule has 1 aliphatic carbocycles. The van der Waals surface area contributed by atoms with Crippen LogP contribution in [0.3, 0.4) is 0 Å². The second-order valence-corrected chi connectivity index (χ2v) is 2.08. The number of hydrogen-bond donors (Lipinski definition) is 0. The maximum absolute atomic E-state index is 12.5. The van der Waals surface area contributed by atoms with Crippen molar-refractivity contribution in [3.63, 3.8) is 0 Å². The molecule has 11 heavy (non-hydrogen) atoms. The summed E-state index contributed by atoms with van der Waals surface area (Å²) in [5, 5.41) is 2.81. The molecule has 0 aromatic heterocycles. The zero-order valence-electron chi connectivity index (χ0n) is 5.08. The lowest BCUT2D eigenvalue weighted by Crippen LogP contribution is -2.04. The van der Waals surface area contributed by atoms with Gasteiger partial charge in [-0.15, -0.1) is 0 Å². The first kappa shape index (κ1) is 7.78. The molecular weight excluding hydrogens is 173 g/mol. The molecule has 0 aliphatic heterocycles. The fraction of sp³-hybridized carbons (Fsp3) is 0. The number of nitrogens with zero attached hydrogens (tertiary/aromatic N) is 3. The Labute approximate surface area is 65.6 Å². The van der Waals surface area contributed by atoms with E-state index in [4.69, 9.17) is 17.1 Å². The van der Waals surface area contributed by atoms with Crippen LogP contribution in [0.2, 0.25) is 0 Å². The van der Waals surface area contributed by atoms with Gasteiger partial charge in [0.15, 0.2) is 6.29 Å². The topological polar surface area (TPSA) is 65.8 Å². The molecule has 0 fully saturated rings. The Bertz CT molecular complexity index is 327. The zero-order valence-corrected chi connectivity index (χ0v) is 5.84. The van der Waals surface area contributed by atoms with Gasteiger partial charge in [-0.25, -0.2) is 4.39 Å². The Balaban J connectivity index is 2.99. The summed E-state index contributed by atoms with van der Waals surface area (Å²) in [6.07, 6.45) is 0.272. The van der Waals surface area contributed by atoms with Crippen molar-refractivity contribution in [1.82, 2.24) is 0 Å². The van der Waals surface area contributed by atoms with Gasteiger partial charge in [0.1, 0.15) is 5.83 Å². The van der Waals surface area contributed by atoms with Gasteiger partial charge < -0.3 is 0 Å². The van der Waals surface area contributed by atoms with Gasteiger partial charge in [-0.05, 0) is 5.53 Å². The number of aldehydes is 1. The summed E-state index contributed by atoms with van der Waals surface area (Å²) < 4.78 is 12.5. The van der Waals surface area contributed by atoms with Crippen LogP contribution in [-0.4, -0.2) is 6.29 Å². The maximum Gasteiger partial charge on any atom is 0.154 e. The number of rotatable bonds is 2. The summed E-state index contributed by atoms with van der Waals surface area (Å²) in [6, 6.07) is 0. The Morgan fingerprint density at radius 2 is 2.36 bits per heavy atom. The van der Waals surface area contributed by atoms with Gasteiger partial charge in [-0.3, -0.25) is 4.79 Å². The van der Waals surface area contributed by atoms with Crippen molar-refractivity contribution in [3.8, 4) is 0 Å².